The summed E-state index contributed by atoms with van der Waals surface area (Å²) in [6, 6.07) is 2.83. The van der Waals surface area contributed by atoms with Crippen molar-refractivity contribution in [1.29, 1.82) is 0 Å². The van der Waals surface area contributed by atoms with Crippen LogP contribution < -0.4 is 5.73 Å². The van der Waals surface area contributed by atoms with E-state index in [1.165, 1.54) is 13.0 Å². The quantitative estimate of drug-likeness (QED) is 0.331. The SMILES string of the molecule is CCC(=O)O[C@H]1[C@H]2C(C(=O)c3c(O)ccc(CC(=O)C4CCCC4)c3[C@@H]2C)C(=O)[C@]2(O)C(=O)C(C(N)=O)C(=O)C[C@H]12. The maximum Gasteiger partial charge on any atom is 0.305 e. The second-order valence-electron chi connectivity index (χ2n) is 11.8. The van der Waals surface area contributed by atoms with Crippen LogP contribution in [0.15, 0.2) is 12.1 Å². The second-order valence-corrected chi connectivity index (χ2v) is 11.8. The summed E-state index contributed by atoms with van der Waals surface area (Å²) in [6.07, 6.45) is 1.24. The van der Waals surface area contributed by atoms with Crippen LogP contribution in [0, 0.1) is 29.6 Å². The Balaban J connectivity index is 1.66. The first-order valence-electron chi connectivity index (χ1n) is 14.1. The van der Waals surface area contributed by atoms with E-state index < -0.39 is 88.5 Å². The third-order valence-electron chi connectivity index (χ3n) is 9.63. The number of nitrogens with two attached hydrogens (primary N) is 1. The molecular formula is C30H33NO10. The minimum absolute atomic E-state index is 0.000275. The van der Waals surface area contributed by atoms with Crippen molar-refractivity contribution < 1.29 is 48.5 Å². The lowest BCUT2D eigenvalue weighted by Crippen LogP contribution is -2.73. The molecule has 4 aliphatic rings. The predicted molar refractivity (Wildman–Crippen MR) is 139 cm³/mol. The van der Waals surface area contributed by atoms with Gasteiger partial charge in [-0.1, -0.05) is 32.8 Å². The standard InChI is InChI=1S/C30H33NO10/c1-3-19(35)41-26-15-11-18(34)23(29(31)39)27(37)30(15,40)28(38)24-21(26)12(2)20-14(8-9-16(32)22(20)25(24)36)10-17(33)13-6-4-5-7-13/h8-9,12-13,15,21,23-24,26,32,40H,3-7,10-11H2,1-2H3,(H2,31,39)/t12-,15+,21+,23?,24?,26+,30+/m0/s1. The fourth-order valence-corrected chi connectivity index (χ4v) is 7.62. The second kappa shape index (κ2) is 10.3. The number of aromatic hydroxyl groups is 1. The van der Waals surface area contributed by atoms with Gasteiger partial charge in [0.1, 0.15) is 17.6 Å². The molecule has 1 aromatic rings. The molecule has 218 valence electrons. The van der Waals surface area contributed by atoms with Gasteiger partial charge in [0.2, 0.25) is 5.91 Å². The van der Waals surface area contributed by atoms with Crippen LogP contribution in [0.5, 0.6) is 5.75 Å². The van der Waals surface area contributed by atoms with Crippen molar-refractivity contribution in [3.05, 3.63) is 28.8 Å². The highest BCUT2D eigenvalue weighted by Crippen LogP contribution is 2.55. The van der Waals surface area contributed by atoms with Gasteiger partial charge >= 0.3 is 5.97 Å². The molecule has 4 N–H and O–H groups in total. The summed E-state index contributed by atoms with van der Waals surface area (Å²) < 4.78 is 5.70. The lowest BCUT2D eigenvalue weighted by atomic mass is 9.50. The van der Waals surface area contributed by atoms with Gasteiger partial charge in [-0.25, -0.2) is 0 Å². The van der Waals surface area contributed by atoms with Gasteiger partial charge in [-0.15, -0.1) is 0 Å². The maximum atomic E-state index is 14.0. The molecular weight excluding hydrogens is 534 g/mol. The van der Waals surface area contributed by atoms with Crippen LogP contribution in [0.3, 0.4) is 0 Å². The lowest BCUT2D eigenvalue weighted by Gasteiger charge is -2.53. The summed E-state index contributed by atoms with van der Waals surface area (Å²) in [6.45, 7) is 3.17. The van der Waals surface area contributed by atoms with Crippen LogP contribution in [0.25, 0.3) is 0 Å². The van der Waals surface area contributed by atoms with E-state index in [4.69, 9.17) is 10.5 Å². The fourth-order valence-electron chi connectivity index (χ4n) is 7.62. The molecule has 1 amide bonds. The van der Waals surface area contributed by atoms with Crippen LogP contribution in [0.2, 0.25) is 0 Å². The van der Waals surface area contributed by atoms with Crippen molar-refractivity contribution >= 4 is 40.8 Å². The molecule has 11 heteroatoms. The molecule has 0 aliphatic heterocycles. The van der Waals surface area contributed by atoms with E-state index in [2.05, 4.69) is 0 Å². The average molecular weight is 568 g/mol. The van der Waals surface area contributed by atoms with E-state index in [-0.39, 0.29) is 30.1 Å². The van der Waals surface area contributed by atoms with Crippen molar-refractivity contribution in [1.82, 2.24) is 0 Å². The van der Waals surface area contributed by atoms with Gasteiger partial charge in [0, 0.05) is 37.0 Å². The molecule has 0 saturated heterocycles. The van der Waals surface area contributed by atoms with Gasteiger partial charge in [0.25, 0.3) is 0 Å². The number of carbonyl (C=O) groups excluding carboxylic acids is 7. The summed E-state index contributed by atoms with van der Waals surface area (Å²) in [7, 11) is 0. The number of phenols is 1. The number of phenolic OH excluding ortho intramolecular Hbond substituents is 1. The minimum atomic E-state index is -2.99. The zero-order chi connectivity index (χ0) is 30.0. The van der Waals surface area contributed by atoms with E-state index in [0.717, 1.165) is 25.7 Å². The number of carbonyl (C=O) groups is 7. The molecule has 0 bridgehead atoms. The highest BCUT2D eigenvalue weighted by atomic mass is 16.5. The van der Waals surface area contributed by atoms with Gasteiger partial charge in [0.05, 0.1) is 11.5 Å². The Kier molecular flexibility index (Phi) is 7.21. The Hall–Kier alpha value is -3.73. The first-order chi connectivity index (χ1) is 19.3. The van der Waals surface area contributed by atoms with E-state index in [1.807, 2.05) is 0 Å². The van der Waals surface area contributed by atoms with Crippen molar-refractivity contribution in [3.8, 4) is 5.75 Å². The van der Waals surface area contributed by atoms with Crippen LogP contribution in [-0.2, 0) is 39.9 Å². The van der Waals surface area contributed by atoms with Crippen molar-refractivity contribution in [2.24, 2.45) is 35.3 Å². The van der Waals surface area contributed by atoms with E-state index in [1.54, 1.807) is 13.0 Å². The Morgan fingerprint density at radius 2 is 1.73 bits per heavy atom. The summed E-state index contributed by atoms with van der Waals surface area (Å²) in [5.74, 6) is -14.4. The molecule has 41 heavy (non-hydrogen) atoms. The number of hydrogen-bond donors (Lipinski definition) is 3. The molecule has 0 aromatic heterocycles. The number of Topliss-reactive ketones (excluding diaryl/α,β-unsaturated/α-hetero) is 5. The average Bonchev–Trinajstić information content (AvgIpc) is 3.46. The normalized spacial score (nSPS) is 33.1. The lowest BCUT2D eigenvalue weighted by molar-refractivity contribution is -0.198. The van der Waals surface area contributed by atoms with Gasteiger partial charge in [-0.3, -0.25) is 33.6 Å². The van der Waals surface area contributed by atoms with E-state index in [0.29, 0.717) is 11.1 Å². The van der Waals surface area contributed by atoms with Gasteiger partial charge in [-0.2, -0.15) is 0 Å². The first kappa shape index (κ1) is 28.8. The number of primary amides is 1. The third kappa shape index (κ3) is 4.24. The van der Waals surface area contributed by atoms with Crippen molar-refractivity contribution in [3.63, 3.8) is 0 Å². The van der Waals surface area contributed by atoms with Crippen molar-refractivity contribution in [2.45, 2.75) is 76.4 Å². The number of rotatable bonds is 6. The van der Waals surface area contributed by atoms with Gasteiger partial charge in [-0.05, 0) is 36.0 Å². The largest absolute Gasteiger partial charge is 0.507 e. The molecule has 11 nitrogen and oxygen atoms in total. The molecule has 4 aliphatic carbocycles. The van der Waals surface area contributed by atoms with E-state index >= 15 is 0 Å². The van der Waals surface area contributed by atoms with Crippen LogP contribution >= 0.6 is 0 Å². The van der Waals surface area contributed by atoms with Crippen molar-refractivity contribution in [2.75, 3.05) is 0 Å². The zero-order valence-corrected chi connectivity index (χ0v) is 22.9. The minimum Gasteiger partial charge on any atom is -0.507 e. The van der Waals surface area contributed by atoms with Gasteiger partial charge in [0.15, 0.2) is 34.7 Å². The molecule has 3 saturated carbocycles. The number of hydrogen-bond acceptors (Lipinski definition) is 10. The Labute approximate surface area is 235 Å². The number of benzene rings is 1. The van der Waals surface area contributed by atoms with Gasteiger partial charge < -0.3 is 20.7 Å². The Morgan fingerprint density at radius 3 is 2.34 bits per heavy atom. The Bertz CT molecular complexity index is 1390. The summed E-state index contributed by atoms with van der Waals surface area (Å²) >= 11 is 0. The number of esters is 1. The predicted octanol–water partition coefficient (Wildman–Crippen LogP) is 1.12. The highest BCUT2D eigenvalue weighted by Gasteiger charge is 2.71. The summed E-state index contributed by atoms with van der Waals surface area (Å²) in [5.41, 5.74) is 2.90. The number of fused-ring (bicyclic) bond motifs is 3. The molecule has 5 rings (SSSR count). The molecule has 1 aromatic carbocycles. The van der Waals surface area contributed by atoms with Crippen LogP contribution in [-0.4, -0.2) is 62.7 Å². The van der Waals surface area contributed by atoms with Crippen LogP contribution in [0.4, 0.5) is 0 Å². The number of ketones is 5. The molecule has 7 atom stereocenters. The molecule has 0 heterocycles. The molecule has 0 radical (unpaired) electrons. The molecule has 0 spiro atoms. The highest BCUT2D eigenvalue weighted by molar-refractivity contribution is 6.31. The smallest absolute Gasteiger partial charge is 0.305 e. The Morgan fingerprint density at radius 1 is 1.07 bits per heavy atom. The maximum absolute atomic E-state index is 14.0. The first-order valence-corrected chi connectivity index (χ1v) is 14.1. The summed E-state index contributed by atoms with van der Waals surface area (Å²) in [4.78, 5) is 92.0. The molecule has 2 unspecified atom stereocenters. The zero-order valence-electron chi connectivity index (χ0n) is 22.9. The topological polar surface area (TPSA) is 195 Å². The number of amides is 1. The van der Waals surface area contributed by atoms with E-state index in [9.17, 15) is 43.8 Å². The molecule has 3 fully saturated rings. The number of aliphatic hydroxyl groups is 1. The monoisotopic (exact) mass is 567 g/mol. The third-order valence-corrected chi connectivity index (χ3v) is 9.63. The summed E-state index contributed by atoms with van der Waals surface area (Å²) in [5, 5.41) is 22.5. The fraction of sp³-hybridized carbons (Fsp3) is 0.567. The number of ether oxygens (including phenoxy) is 1. The van der Waals surface area contributed by atoms with Crippen LogP contribution in [0.1, 0.15) is 79.8 Å².